The number of likely N-dealkylation sites (tertiary alicyclic amines) is 1. The average molecular weight is 486 g/mol. The van der Waals surface area contributed by atoms with Crippen LogP contribution in [0.3, 0.4) is 0 Å². The Kier molecular flexibility index (Phi) is 7.23. The molecular weight excluding hydrogens is 457 g/mol. The zero-order valence-electron chi connectivity index (χ0n) is 20.0. The summed E-state index contributed by atoms with van der Waals surface area (Å²) in [5, 5.41) is 0.500. The minimum Gasteiger partial charge on any atom is -0.486 e. The predicted molar refractivity (Wildman–Crippen MR) is 138 cm³/mol. The van der Waals surface area contributed by atoms with Crippen LogP contribution in [0.2, 0.25) is 0 Å². The third-order valence-electron chi connectivity index (χ3n) is 6.74. The van der Waals surface area contributed by atoms with Crippen molar-refractivity contribution in [2.75, 3.05) is 26.2 Å². The molecule has 5 rings (SSSR count). The van der Waals surface area contributed by atoms with E-state index >= 15 is 0 Å². The monoisotopic (exact) mass is 485 g/mol. The van der Waals surface area contributed by atoms with Crippen LogP contribution in [-0.4, -0.2) is 36.9 Å². The number of fused-ring (bicyclic) bond motifs is 1. The molecular formula is C30H28FNO4. The molecule has 6 heteroatoms. The summed E-state index contributed by atoms with van der Waals surface area (Å²) in [6.45, 7) is 2.85. The number of carbonyl (C=O) groups excluding carboxylic acids is 1. The number of rotatable bonds is 8. The van der Waals surface area contributed by atoms with Crippen LogP contribution in [0, 0.1) is 11.7 Å². The summed E-state index contributed by atoms with van der Waals surface area (Å²) in [5.41, 5.74) is 1.73. The van der Waals surface area contributed by atoms with Crippen molar-refractivity contribution in [2.24, 2.45) is 5.92 Å². The maximum absolute atomic E-state index is 13.2. The van der Waals surface area contributed by atoms with Gasteiger partial charge >= 0.3 is 0 Å². The molecule has 3 aromatic carbocycles. The SMILES string of the molecule is O=C(c1ccc(F)cc1)C1CCN(CCCOc2c(-c3ccccc3)oc3ccccc3c2=O)CC1. The number of piperidine rings is 1. The molecule has 5 nitrogen and oxygen atoms in total. The summed E-state index contributed by atoms with van der Waals surface area (Å²) in [6.07, 6.45) is 2.31. The van der Waals surface area contributed by atoms with Crippen molar-refractivity contribution in [1.29, 1.82) is 0 Å². The molecule has 1 fully saturated rings. The van der Waals surface area contributed by atoms with Crippen molar-refractivity contribution < 1.29 is 18.3 Å². The number of Topliss-reactive ketones (excluding diaryl/α,β-unsaturated/α-hetero) is 1. The Balaban J connectivity index is 1.19. The Bertz CT molecular complexity index is 1390. The number of para-hydroxylation sites is 1. The number of benzene rings is 3. The second-order valence-electron chi connectivity index (χ2n) is 9.14. The highest BCUT2D eigenvalue weighted by atomic mass is 19.1. The van der Waals surface area contributed by atoms with Gasteiger partial charge in [-0.2, -0.15) is 0 Å². The summed E-state index contributed by atoms with van der Waals surface area (Å²) >= 11 is 0. The van der Waals surface area contributed by atoms with Gasteiger partial charge in [0.1, 0.15) is 11.4 Å². The molecule has 4 aromatic rings. The Labute approximate surface area is 209 Å². The van der Waals surface area contributed by atoms with Gasteiger partial charge in [-0.1, -0.05) is 42.5 Å². The maximum atomic E-state index is 13.2. The fourth-order valence-corrected chi connectivity index (χ4v) is 4.77. The van der Waals surface area contributed by atoms with E-state index in [1.807, 2.05) is 42.5 Å². The number of carbonyl (C=O) groups is 1. The summed E-state index contributed by atoms with van der Waals surface area (Å²) < 4.78 is 25.3. The molecule has 184 valence electrons. The van der Waals surface area contributed by atoms with E-state index in [0.29, 0.717) is 28.9 Å². The highest BCUT2D eigenvalue weighted by Crippen LogP contribution is 2.31. The Morgan fingerprint density at radius 2 is 1.64 bits per heavy atom. The molecule has 36 heavy (non-hydrogen) atoms. The molecule has 0 bridgehead atoms. The van der Waals surface area contributed by atoms with Gasteiger partial charge in [-0.3, -0.25) is 9.59 Å². The van der Waals surface area contributed by atoms with Crippen LogP contribution in [0.15, 0.2) is 88.1 Å². The fraction of sp³-hybridized carbons (Fsp3) is 0.267. The van der Waals surface area contributed by atoms with Crippen LogP contribution in [0.1, 0.15) is 29.6 Å². The zero-order valence-corrected chi connectivity index (χ0v) is 20.0. The number of ether oxygens (including phenoxy) is 1. The van der Waals surface area contributed by atoms with Gasteiger partial charge in [-0.05, 0) is 68.8 Å². The quantitative estimate of drug-likeness (QED) is 0.228. The number of nitrogens with zero attached hydrogens (tertiary/aromatic N) is 1. The third-order valence-corrected chi connectivity index (χ3v) is 6.74. The molecule has 0 spiro atoms. The second-order valence-corrected chi connectivity index (χ2v) is 9.14. The lowest BCUT2D eigenvalue weighted by atomic mass is 9.89. The molecule has 0 aliphatic carbocycles. The third kappa shape index (κ3) is 5.24. The number of hydrogen-bond acceptors (Lipinski definition) is 5. The topological polar surface area (TPSA) is 59.8 Å². The largest absolute Gasteiger partial charge is 0.486 e. The first kappa shape index (κ1) is 23.9. The molecule has 0 unspecified atom stereocenters. The van der Waals surface area contributed by atoms with Crippen molar-refractivity contribution >= 4 is 16.8 Å². The molecule has 2 heterocycles. The first-order chi connectivity index (χ1) is 17.6. The number of ketones is 1. The highest BCUT2D eigenvalue weighted by molar-refractivity contribution is 5.97. The lowest BCUT2D eigenvalue weighted by Gasteiger charge is -2.31. The molecule has 0 saturated carbocycles. The molecule has 0 amide bonds. The van der Waals surface area contributed by atoms with E-state index in [1.165, 1.54) is 12.1 Å². The van der Waals surface area contributed by atoms with Crippen molar-refractivity contribution in [1.82, 2.24) is 4.90 Å². The summed E-state index contributed by atoms with van der Waals surface area (Å²) in [5.74, 6) is 0.414. The van der Waals surface area contributed by atoms with E-state index in [-0.39, 0.29) is 28.7 Å². The minimum atomic E-state index is -0.332. The smallest absolute Gasteiger partial charge is 0.235 e. The lowest BCUT2D eigenvalue weighted by molar-refractivity contribution is 0.0835. The molecule has 0 atom stereocenters. The Morgan fingerprint density at radius 3 is 2.39 bits per heavy atom. The number of halogens is 1. The van der Waals surface area contributed by atoms with E-state index in [0.717, 1.165) is 44.5 Å². The Hall–Kier alpha value is -3.77. The van der Waals surface area contributed by atoms with E-state index in [1.54, 1.807) is 24.3 Å². The average Bonchev–Trinajstić information content (AvgIpc) is 2.93. The van der Waals surface area contributed by atoms with Gasteiger partial charge in [0.15, 0.2) is 11.5 Å². The fourth-order valence-electron chi connectivity index (χ4n) is 4.77. The van der Waals surface area contributed by atoms with Gasteiger partial charge in [-0.25, -0.2) is 4.39 Å². The normalized spacial score (nSPS) is 14.7. The van der Waals surface area contributed by atoms with Crippen LogP contribution in [-0.2, 0) is 0 Å². The zero-order chi connectivity index (χ0) is 24.9. The Morgan fingerprint density at radius 1 is 0.944 bits per heavy atom. The minimum absolute atomic E-state index is 0.0291. The van der Waals surface area contributed by atoms with Crippen LogP contribution in [0.25, 0.3) is 22.3 Å². The van der Waals surface area contributed by atoms with Crippen molar-refractivity contribution in [3.63, 3.8) is 0 Å². The lowest BCUT2D eigenvalue weighted by Crippen LogP contribution is -2.37. The van der Waals surface area contributed by atoms with E-state index in [4.69, 9.17) is 9.15 Å². The second kappa shape index (κ2) is 10.9. The van der Waals surface area contributed by atoms with E-state index in [9.17, 15) is 14.0 Å². The van der Waals surface area contributed by atoms with Crippen LogP contribution in [0.4, 0.5) is 4.39 Å². The standard InChI is InChI=1S/C30H28FNO4/c31-24-13-11-21(12-14-24)27(33)22-15-18-32(19-16-22)17-6-20-35-30-28(34)25-9-4-5-10-26(25)36-29(30)23-7-2-1-3-8-23/h1-5,7-14,22H,6,15-20H2. The summed E-state index contributed by atoms with van der Waals surface area (Å²) in [4.78, 5) is 28.2. The predicted octanol–water partition coefficient (Wildman–Crippen LogP) is 5.96. The van der Waals surface area contributed by atoms with Gasteiger partial charge in [0.2, 0.25) is 11.2 Å². The van der Waals surface area contributed by atoms with E-state index in [2.05, 4.69) is 4.90 Å². The van der Waals surface area contributed by atoms with Crippen molar-refractivity contribution in [3.05, 3.63) is 100 Å². The van der Waals surface area contributed by atoms with Crippen molar-refractivity contribution in [3.8, 4) is 17.1 Å². The van der Waals surface area contributed by atoms with Gasteiger partial charge < -0.3 is 14.1 Å². The van der Waals surface area contributed by atoms with Crippen LogP contribution in [0.5, 0.6) is 5.75 Å². The highest BCUT2D eigenvalue weighted by Gasteiger charge is 2.25. The van der Waals surface area contributed by atoms with Gasteiger partial charge in [0.25, 0.3) is 0 Å². The van der Waals surface area contributed by atoms with Gasteiger partial charge in [0, 0.05) is 23.6 Å². The summed E-state index contributed by atoms with van der Waals surface area (Å²) in [6, 6.07) is 22.5. The molecule has 0 N–H and O–H groups in total. The maximum Gasteiger partial charge on any atom is 0.235 e. The van der Waals surface area contributed by atoms with E-state index < -0.39 is 0 Å². The van der Waals surface area contributed by atoms with Gasteiger partial charge in [-0.15, -0.1) is 0 Å². The molecule has 1 aliphatic heterocycles. The van der Waals surface area contributed by atoms with Crippen LogP contribution < -0.4 is 10.2 Å². The summed E-state index contributed by atoms with van der Waals surface area (Å²) in [7, 11) is 0. The molecule has 0 radical (unpaired) electrons. The molecule has 1 saturated heterocycles. The van der Waals surface area contributed by atoms with Crippen molar-refractivity contribution in [2.45, 2.75) is 19.3 Å². The first-order valence-electron chi connectivity index (χ1n) is 12.4. The van der Waals surface area contributed by atoms with Gasteiger partial charge in [0.05, 0.1) is 12.0 Å². The number of hydrogen-bond donors (Lipinski definition) is 0. The molecule has 1 aromatic heterocycles. The first-order valence-corrected chi connectivity index (χ1v) is 12.4. The molecule has 1 aliphatic rings. The van der Waals surface area contributed by atoms with Crippen LogP contribution >= 0.6 is 0 Å².